The fourth-order valence-electron chi connectivity index (χ4n) is 2.57. The van der Waals surface area contributed by atoms with Gasteiger partial charge in [-0.2, -0.15) is 13.2 Å². The lowest BCUT2D eigenvalue weighted by Gasteiger charge is -2.41. The molecule has 112 valence electrons. The lowest BCUT2D eigenvalue weighted by molar-refractivity contribution is -0.137. The molecule has 0 spiro atoms. The maximum Gasteiger partial charge on any atom is 0.416 e. The quantitative estimate of drug-likeness (QED) is 0.917. The van der Waals surface area contributed by atoms with E-state index in [9.17, 15) is 13.2 Å². The maximum atomic E-state index is 12.5. The van der Waals surface area contributed by atoms with Gasteiger partial charge in [0, 0.05) is 31.7 Å². The fourth-order valence-corrected chi connectivity index (χ4v) is 2.57. The van der Waals surface area contributed by atoms with Gasteiger partial charge in [0.15, 0.2) is 0 Å². The number of hydrogen-bond acceptors (Lipinski definition) is 2. The molecule has 0 aromatic heterocycles. The van der Waals surface area contributed by atoms with E-state index in [1.54, 1.807) is 12.1 Å². The van der Waals surface area contributed by atoms with Crippen molar-refractivity contribution in [3.63, 3.8) is 0 Å². The summed E-state index contributed by atoms with van der Waals surface area (Å²) in [6.45, 7) is 7.81. The number of halogens is 3. The first-order chi connectivity index (χ1) is 9.32. The van der Waals surface area contributed by atoms with Gasteiger partial charge in [0.2, 0.25) is 0 Å². The van der Waals surface area contributed by atoms with Gasteiger partial charge >= 0.3 is 6.18 Å². The highest BCUT2D eigenvalue weighted by Crippen LogP contribution is 2.29. The van der Waals surface area contributed by atoms with Crippen LogP contribution in [0.4, 0.5) is 13.2 Å². The Balaban J connectivity index is 2.00. The molecule has 1 aromatic rings. The van der Waals surface area contributed by atoms with Crippen LogP contribution < -0.4 is 5.32 Å². The van der Waals surface area contributed by atoms with E-state index in [-0.39, 0.29) is 5.54 Å². The van der Waals surface area contributed by atoms with Crippen LogP contribution in [0.1, 0.15) is 31.4 Å². The normalized spacial score (nSPS) is 24.9. The molecule has 1 aliphatic rings. The van der Waals surface area contributed by atoms with Gasteiger partial charge in [-0.15, -0.1) is 0 Å². The zero-order valence-corrected chi connectivity index (χ0v) is 11.9. The molecule has 1 N–H and O–H groups in total. The van der Waals surface area contributed by atoms with Crippen molar-refractivity contribution in [1.82, 2.24) is 10.2 Å². The highest BCUT2D eigenvalue weighted by atomic mass is 19.4. The van der Waals surface area contributed by atoms with Crippen LogP contribution in [0.5, 0.6) is 0 Å². The minimum absolute atomic E-state index is 0.101. The van der Waals surface area contributed by atoms with Gasteiger partial charge in [-0.1, -0.05) is 19.1 Å². The van der Waals surface area contributed by atoms with Crippen molar-refractivity contribution in [2.45, 2.75) is 38.5 Å². The Hall–Kier alpha value is -1.07. The predicted octanol–water partition coefficient (Wildman–Crippen LogP) is 3.28. The summed E-state index contributed by atoms with van der Waals surface area (Å²) in [5, 5.41) is 3.50. The molecule has 0 aliphatic carbocycles. The van der Waals surface area contributed by atoms with E-state index in [0.717, 1.165) is 43.8 Å². The van der Waals surface area contributed by atoms with Crippen molar-refractivity contribution in [1.29, 1.82) is 0 Å². The molecule has 0 amide bonds. The number of piperazine rings is 1. The third-order valence-electron chi connectivity index (χ3n) is 4.02. The van der Waals surface area contributed by atoms with Gasteiger partial charge < -0.3 is 5.32 Å². The third-order valence-corrected chi connectivity index (χ3v) is 4.02. The molecule has 1 atom stereocenters. The van der Waals surface area contributed by atoms with Crippen LogP contribution >= 0.6 is 0 Å². The summed E-state index contributed by atoms with van der Waals surface area (Å²) in [7, 11) is 0. The topological polar surface area (TPSA) is 15.3 Å². The monoisotopic (exact) mass is 286 g/mol. The molecule has 5 heteroatoms. The summed E-state index contributed by atoms with van der Waals surface area (Å²) >= 11 is 0. The molecular weight excluding hydrogens is 265 g/mol. The second-order valence-corrected chi connectivity index (χ2v) is 5.75. The van der Waals surface area contributed by atoms with E-state index in [1.165, 1.54) is 0 Å². The highest BCUT2D eigenvalue weighted by Gasteiger charge is 2.31. The van der Waals surface area contributed by atoms with Crippen LogP contribution in [0, 0.1) is 0 Å². The molecule has 1 heterocycles. The van der Waals surface area contributed by atoms with Crippen molar-refractivity contribution in [2.24, 2.45) is 0 Å². The van der Waals surface area contributed by atoms with Crippen LogP contribution in [0.2, 0.25) is 0 Å². The molecule has 1 unspecified atom stereocenters. The Bertz CT molecular complexity index is 441. The van der Waals surface area contributed by atoms with Crippen molar-refractivity contribution in [3.8, 4) is 0 Å². The molecule has 20 heavy (non-hydrogen) atoms. The zero-order chi connectivity index (χ0) is 14.8. The van der Waals surface area contributed by atoms with Gasteiger partial charge in [0.1, 0.15) is 0 Å². The van der Waals surface area contributed by atoms with E-state index in [1.807, 2.05) is 0 Å². The van der Waals surface area contributed by atoms with Crippen LogP contribution in [0.15, 0.2) is 24.3 Å². The zero-order valence-electron chi connectivity index (χ0n) is 11.9. The molecule has 2 rings (SSSR count). The fraction of sp³-hybridized carbons (Fsp3) is 0.600. The van der Waals surface area contributed by atoms with E-state index < -0.39 is 11.7 Å². The molecule has 0 radical (unpaired) electrons. The third kappa shape index (κ3) is 3.73. The van der Waals surface area contributed by atoms with Crippen molar-refractivity contribution in [3.05, 3.63) is 35.4 Å². The summed E-state index contributed by atoms with van der Waals surface area (Å²) in [5.41, 5.74) is 0.447. The van der Waals surface area contributed by atoms with E-state index in [0.29, 0.717) is 6.54 Å². The molecule has 1 aliphatic heterocycles. The van der Waals surface area contributed by atoms with E-state index >= 15 is 0 Å². The average Bonchev–Trinajstić information content (AvgIpc) is 2.38. The van der Waals surface area contributed by atoms with Gasteiger partial charge in [0.25, 0.3) is 0 Å². The predicted molar refractivity (Wildman–Crippen MR) is 73.4 cm³/mol. The van der Waals surface area contributed by atoms with Crippen LogP contribution in [-0.2, 0) is 12.7 Å². The first-order valence-electron chi connectivity index (χ1n) is 6.96. The Kier molecular flexibility index (Phi) is 4.39. The summed E-state index contributed by atoms with van der Waals surface area (Å²) in [6, 6.07) is 5.48. The van der Waals surface area contributed by atoms with Gasteiger partial charge in [0.05, 0.1) is 5.56 Å². The van der Waals surface area contributed by atoms with Crippen LogP contribution in [0.3, 0.4) is 0 Å². The number of benzene rings is 1. The van der Waals surface area contributed by atoms with Gasteiger partial charge in [-0.25, -0.2) is 0 Å². The Morgan fingerprint density at radius 1 is 1.25 bits per heavy atom. The molecular formula is C15H21F3N2. The van der Waals surface area contributed by atoms with Crippen molar-refractivity contribution >= 4 is 0 Å². The van der Waals surface area contributed by atoms with Crippen molar-refractivity contribution < 1.29 is 13.2 Å². The number of alkyl halides is 3. The summed E-state index contributed by atoms with van der Waals surface area (Å²) in [6.07, 6.45) is -3.22. The number of nitrogens with zero attached hydrogens (tertiary/aromatic N) is 1. The number of nitrogens with one attached hydrogen (secondary N) is 1. The van der Waals surface area contributed by atoms with Gasteiger partial charge in [-0.05, 0) is 31.0 Å². The lowest BCUT2D eigenvalue weighted by atomic mass is 9.95. The second kappa shape index (κ2) is 5.74. The van der Waals surface area contributed by atoms with E-state index in [4.69, 9.17) is 0 Å². The lowest BCUT2D eigenvalue weighted by Crippen LogP contribution is -2.58. The average molecular weight is 286 g/mol. The maximum absolute atomic E-state index is 12.5. The van der Waals surface area contributed by atoms with E-state index in [2.05, 4.69) is 24.1 Å². The summed E-state index contributed by atoms with van der Waals surface area (Å²) < 4.78 is 37.5. The highest BCUT2D eigenvalue weighted by molar-refractivity contribution is 5.24. The minimum atomic E-state index is -4.26. The SMILES string of the molecule is CCC1(C)CN(Cc2ccc(C(F)(F)F)cc2)CCN1. The van der Waals surface area contributed by atoms with Crippen LogP contribution in [-0.4, -0.2) is 30.1 Å². The van der Waals surface area contributed by atoms with Gasteiger partial charge in [-0.3, -0.25) is 4.90 Å². The molecule has 1 aromatic carbocycles. The number of rotatable bonds is 3. The Labute approximate surface area is 118 Å². The first kappa shape index (κ1) is 15.3. The van der Waals surface area contributed by atoms with Crippen molar-refractivity contribution in [2.75, 3.05) is 19.6 Å². The Morgan fingerprint density at radius 2 is 1.90 bits per heavy atom. The standard InChI is InChI=1S/C15H21F3N2/c1-3-14(2)11-20(9-8-19-14)10-12-4-6-13(7-5-12)15(16,17)18/h4-7,19H,3,8-11H2,1-2H3. The summed E-state index contributed by atoms with van der Waals surface area (Å²) in [5.74, 6) is 0. The first-order valence-corrected chi connectivity index (χ1v) is 6.96. The molecule has 0 saturated carbocycles. The largest absolute Gasteiger partial charge is 0.416 e. The second-order valence-electron chi connectivity index (χ2n) is 5.75. The Morgan fingerprint density at radius 3 is 2.45 bits per heavy atom. The number of hydrogen-bond donors (Lipinski definition) is 1. The molecule has 0 bridgehead atoms. The molecule has 1 fully saturated rings. The molecule has 1 saturated heterocycles. The van der Waals surface area contributed by atoms with Crippen LogP contribution in [0.25, 0.3) is 0 Å². The minimum Gasteiger partial charge on any atom is -0.309 e. The smallest absolute Gasteiger partial charge is 0.309 e. The molecule has 2 nitrogen and oxygen atoms in total. The summed E-state index contributed by atoms with van der Waals surface area (Å²) in [4.78, 5) is 2.29.